The third kappa shape index (κ3) is 3.60. The van der Waals surface area contributed by atoms with Gasteiger partial charge in [0.1, 0.15) is 0 Å². The summed E-state index contributed by atoms with van der Waals surface area (Å²) in [5.41, 5.74) is -0.864. The van der Waals surface area contributed by atoms with Gasteiger partial charge in [0.25, 0.3) is 0 Å². The van der Waals surface area contributed by atoms with Crippen LogP contribution >= 0.6 is 0 Å². The molecule has 1 fully saturated rings. The number of alkyl halides is 3. The van der Waals surface area contributed by atoms with E-state index in [4.69, 9.17) is 4.74 Å². The summed E-state index contributed by atoms with van der Waals surface area (Å²) in [6, 6.07) is 1.33. The Morgan fingerprint density at radius 2 is 2.37 bits per heavy atom. The maximum absolute atomic E-state index is 12.0. The van der Waals surface area contributed by atoms with Crippen molar-refractivity contribution < 1.29 is 27.8 Å². The van der Waals surface area contributed by atoms with E-state index >= 15 is 0 Å². The summed E-state index contributed by atoms with van der Waals surface area (Å²) in [5.74, 6) is -0.123. The molecule has 2 unspecified atom stereocenters. The highest BCUT2D eigenvalue weighted by Gasteiger charge is 2.35. The van der Waals surface area contributed by atoms with Crippen LogP contribution in [0.4, 0.5) is 13.2 Å². The zero-order valence-electron chi connectivity index (χ0n) is 10.4. The molecule has 0 radical (unpaired) electrons. The molecule has 1 aromatic heterocycles. The van der Waals surface area contributed by atoms with Crippen LogP contribution in [-0.4, -0.2) is 40.4 Å². The fourth-order valence-corrected chi connectivity index (χ4v) is 1.98. The van der Waals surface area contributed by atoms with Crippen molar-refractivity contribution in [3.05, 3.63) is 12.3 Å². The summed E-state index contributed by atoms with van der Waals surface area (Å²) >= 11 is 0. The molecule has 19 heavy (non-hydrogen) atoms. The summed E-state index contributed by atoms with van der Waals surface area (Å²) in [6.07, 6.45) is -2.57. The van der Waals surface area contributed by atoms with Gasteiger partial charge >= 0.3 is 6.18 Å². The number of aromatic nitrogens is 2. The minimum atomic E-state index is -4.40. The first-order valence-electron chi connectivity index (χ1n) is 5.86. The van der Waals surface area contributed by atoms with Gasteiger partial charge in [0.05, 0.1) is 12.7 Å². The third-order valence-electron chi connectivity index (χ3n) is 2.91. The van der Waals surface area contributed by atoms with Gasteiger partial charge in [-0.2, -0.15) is 13.2 Å². The van der Waals surface area contributed by atoms with E-state index in [9.17, 15) is 18.3 Å². The zero-order chi connectivity index (χ0) is 14.1. The number of hydrogen-bond donors (Lipinski definition) is 1. The quantitative estimate of drug-likeness (QED) is 0.915. The molecule has 1 aliphatic rings. The van der Waals surface area contributed by atoms with Gasteiger partial charge < -0.3 is 14.6 Å². The summed E-state index contributed by atoms with van der Waals surface area (Å²) in [5, 5.41) is 13.5. The number of nitrogens with zero attached hydrogens (tertiary/aromatic N) is 2. The van der Waals surface area contributed by atoms with Gasteiger partial charge in [-0.3, -0.25) is 0 Å². The molecule has 2 rings (SSSR count). The Kier molecular flexibility index (Phi) is 3.73. The van der Waals surface area contributed by atoms with Crippen LogP contribution in [0.15, 0.2) is 12.3 Å². The standard InChI is InChI=1S/C11H15F3N2O3/c1-10(6-8(17)3-5-19-10)16-4-2-9(15-16)18-7-11(12,13)14/h2,4,8,17H,3,5-7H2,1H3. The topological polar surface area (TPSA) is 56.5 Å². The predicted molar refractivity (Wildman–Crippen MR) is 58.6 cm³/mol. The van der Waals surface area contributed by atoms with Crippen molar-refractivity contribution in [2.75, 3.05) is 13.2 Å². The monoisotopic (exact) mass is 280 g/mol. The predicted octanol–water partition coefficient (Wildman–Crippen LogP) is 1.67. The summed E-state index contributed by atoms with van der Waals surface area (Å²) in [7, 11) is 0. The smallest absolute Gasteiger partial charge is 0.422 e. The molecule has 108 valence electrons. The highest BCUT2D eigenvalue weighted by Crippen LogP contribution is 2.30. The van der Waals surface area contributed by atoms with Gasteiger partial charge in [0.2, 0.25) is 5.88 Å². The van der Waals surface area contributed by atoms with Gasteiger partial charge in [-0.05, 0) is 13.3 Å². The molecule has 0 aliphatic carbocycles. The average Bonchev–Trinajstić information content (AvgIpc) is 2.74. The first-order chi connectivity index (χ1) is 8.78. The molecule has 1 aromatic rings. The van der Waals surface area contributed by atoms with Gasteiger partial charge in [-0.1, -0.05) is 0 Å². The minimum Gasteiger partial charge on any atom is -0.467 e. The largest absolute Gasteiger partial charge is 0.467 e. The second kappa shape index (κ2) is 5.01. The maximum atomic E-state index is 12.0. The highest BCUT2D eigenvalue weighted by atomic mass is 19.4. The van der Waals surface area contributed by atoms with E-state index in [1.807, 2.05) is 0 Å². The molecule has 5 nitrogen and oxygen atoms in total. The van der Waals surface area contributed by atoms with E-state index in [1.54, 1.807) is 6.92 Å². The number of rotatable bonds is 3. The van der Waals surface area contributed by atoms with E-state index in [2.05, 4.69) is 9.84 Å². The Morgan fingerprint density at radius 3 is 3.00 bits per heavy atom. The Bertz CT molecular complexity index is 435. The molecule has 1 aliphatic heterocycles. The van der Waals surface area contributed by atoms with Crippen molar-refractivity contribution in [3.8, 4) is 5.88 Å². The minimum absolute atomic E-state index is 0.123. The normalized spacial score (nSPS) is 28.4. The number of ether oxygens (including phenoxy) is 2. The van der Waals surface area contributed by atoms with E-state index in [0.29, 0.717) is 19.4 Å². The Labute approximate surface area is 107 Å². The molecule has 8 heteroatoms. The van der Waals surface area contributed by atoms with Gasteiger partial charge in [0.15, 0.2) is 12.3 Å². The van der Waals surface area contributed by atoms with Crippen LogP contribution in [0.3, 0.4) is 0 Å². The van der Waals surface area contributed by atoms with Gasteiger partial charge in [-0.25, -0.2) is 4.68 Å². The lowest BCUT2D eigenvalue weighted by atomic mass is 10.0. The molecule has 2 heterocycles. The molecule has 0 bridgehead atoms. The van der Waals surface area contributed by atoms with Crippen molar-refractivity contribution in [2.24, 2.45) is 0 Å². The van der Waals surface area contributed by atoms with Crippen LogP contribution in [0.1, 0.15) is 19.8 Å². The molecule has 2 atom stereocenters. The van der Waals surface area contributed by atoms with E-state index in [0.717, 1.165) is 0 Å². The highest BCUT2D eigenvalue weighted by molar-refractivity contribution is 5.07. The molecule has 0 amide bonds. The van der Waals surface area contributed by atoms with Crippen LogP contribution in [0.2, 0.25) is 0 Å². The van der Waals surface area contributed by atoms with Crippen LogP contribution in [-0.2, 0) is 10.5 Å². The van der Waals surface area contributed by atoms with Crippen molar-refractivity contribution in [1.82, 2.24) is 9.78 Å². The number of aliphatic hydroxyl groups excluding tert-OH is 1. The lowest BCUT2D eigenvalue weighted by Gasteiger charge is -2.36. The summed E-state index contributed by atoms with van der Waals surface area (Å²) < 4.78 is 47.5. The van der Waals surface area contributed by atoms with Crippen molar-refractivity contribution in [3.63, 3.8) is 0 Å². The third-order valence-corrected chi connectivity index (χ3v) is 2.91. The van der Waals surface area contributed by atoms with E-state index in [1.165, 1.54) is 16.9 Å². The molecular formula is C11H15F3N2O3. The van der Waals surface area contributed by atoms with Crippen molar-refractivity contribution in [2.45, 2.75) is 37.8 Å². The van der Waals surface area contributed by atoms with Crippen molar-refractivity contribution >= 4 is 0 Å². The van der Waals surface area contributed by atoms with E-state index < -0.39 is 24.6 Å². The van der Waals surface area contributed by atoms with Crippen molar-refractivity contribution in [1.29, 1.82) is 0 Å². The number of aliphatic hydroxyl groups is 1. The van der Waals surface area contributed by atoms with Crippen LogP contribution in [0.25, 0.3) is 0 Å². The Hall–Kier alpha value is -1.28. The average molecular weight is 280 g/mol. The molecule has 0 aromatic carbocycles. The van der Waals surface area contributed by atoms with E-state index in [-0.39, 0.29) is 5.88 Å². The molecular weight excluding hydrogens is 265 g/mol. The maximum Gasteiger partial charge on any atom is 0.422 e. The lowest BCUT2D eigenvalue weighted by molar-refractivity contribution is -0.164. The van der Waals surface area contributed by atoms with Gasteiger partial charge in [0, 0.05) is 18.7 Å². The second-order valence-corrected chi connectivity index (χ2v) is 4.67. The van der Waals surface area contributed by atoms with Crippen LogP contribution < -0.4 is 4.74 Å². The second-order valence-electron chi connectivity index (χ2n) is 4.67. The molecule has 0 saturated carbocycles. The Morgan fingerprint density at radius 1 is 1.63 bits per heavy atom. The fourth-order valence-electron chi connectivity index (χ4n) is 1.98. The lowest BCUT2D eigenvalue weighted by Crippen LogP contribution is -2.42. The SMILES string of the molecule is CC1(n2ccc(OCC(F)(F)F)n2)CC(O)CCO1. The first-order valence-corrected chi connectivity index (χ1v) is 5.86. The first kappa shape index (κ1) is 14.1. The van der Waals surface area contributed by atoms with Crippen LogP contribution in [0.5, 0.6) is 5.88 Å². The molecule has 0 spiro atoms. The molecule has 1 saturated heterocycles. The number of hydrogen-bond acceptors (Lipinski definition) is 4. The van der Waals surface area contributed by atoms with Gasteiger partial charge in [-0.15, -0.1) is 5.10 Å². The Balaban J connectivity index is 2.04. The fraction of sp³-hybridized carbons (Fsp3) is 0.727. The summed E-state index contributed by atoms with van der Waals surface area (Å²) in [6.45, 7) is 0.705. The zero-order valence-corrected chi connectivity index (χ0v) is 10.4. The summed E-state index contributed by atoms with van der Waals surface area (Å²) in [4.78, 5) is 0. The molecule has 1 N–H and O–H groups in total. The number of halogens is 3. The van der Waals surface area contributed by atoms with Crippen LogP contribution in [0, 0.1) is 0 Å².